The summed E-state index contributed by atoms with van der Waals surface area (Å²) in [5.74, 6) is 1.52. The van der Waals surface area contributed by atoms with Gasteiger partial charge in [-0.2, -0.15) is 0 Å². The molecule has 0 amide bonds. The third kappa shape index (κ3) is 2.47. The van der Waals surface area contributed by atoms with Gasteiger partial charge in [0, 0.05) is 23.8 Å². The van der Waals surface area contributed by atoms with E-state index in [0.29, 0.717) is 12.1 Å². The van der Waals surface area contributed by atoms with Crippen LogP contribution in [0.4, 0.5) is 5.69 Å². The van der Waals surface area contributed by atoms with Gasteiger partial charge in [0.1, 0.15) is 0 Å². The lowest BCUT2D eigenvalue weighted by molar-refractivity contribution is 0.354. The maximum Gasteiger partial charge on any atom is 0.162 e. The molecule has 17 heavy (non-hydrogen) atoms. The summed E-state index contributed by atoms with van der Waals surface area (Å²) >= 11 is 0. The number of benzene rings is 1. The van der Waals surface area contributed by atoms with E-state index in [4.69, 9.17) is 15.2 Å². The van der Waals surface area contributed by atoms with Crippen molar-refractivity contribution in [2.75, 3.05) is 19.5 Å². The minimum Gasteiger partial charge on any atom is -0.493 e. The molecule has 0 heterocycles. The van der Waals surface area contributed by atoms with Gasteiger partial charge in [0.25, 0.3) is 0 Å². The van der Waals surface area contributed by atoms with Gasteiger partial charge in [0.15, 0.2) is 11.5 Å². The maximum absolute atomic E-state index is 5.78. The second-order valence-electron chi connectivity index (χ2n) is 4.59. The molecule has 2 rings (SSSR count). The first-order valence-corrected chi connectivity index (χ1v) is 5.88. The third-order valence-electron chi connectivity index (χ3n) is 3.26. The first-order valence-electron chi connectivity index (χ1n) is 5.88. The smallest absolute Gasteiger partial charge is 0.162 e. The van der Waals surface area contributed by atoms with Gasteiger partial charge in [-0.25, -0.2) is 0 Å². The molecule has 0 aromatic heterocycles. The number of methoxy groups -OCH3 is 2. The topological polar surface area (TPSA) is 56.5 Å². The van der Waals surface area contributed by atoms with E-state index >= 15 is 0 Å². The van der Waals surface area contributed by atoms with Crippen molar-refractivity contribution in [3.8, 4) is 11.5 Å². The van der Waals surface area contributed by atoms with Crippen LogP contribution >= 0.6 is 0 Å². The summed E-state index contributed by atoms with van der Waals surface area (Å²) in [6.45, 7) is 2.06. The van der Waals surface area contributed by atoms with Gasteiger partial charge in [-0.1, -0.05) is 0 Å². The molecule has 1 saturated carbocycles. The van der Waals surface area contributed by atoms with Gasteiger partial charge in [-0.05, 0) is 31.4 Å². The van der Waals surface area contributed by atoms with Crippen LogP contribution in [0.25, 0.3) is 0 Å². The Morgan fingerprint density at radius 2 is 1.76 bits per heavy atom. The molecule has 0 bridgehead atoms. The molecular weight excluding hydrogens is 216 g/mol. The second-order valence-corrected chi connectivity index (χ2v) is 4.59. The quantitative estimate of drug-likeness (QED) is 0.838. The number of nitrogens with two attached hydrogens (primary N) is 1. The van der Waals surface area contributed by atoms with Gasteiger partial charge in [0.05, 0.1) is 14.2 Å². The Balaban J connectivity index is 2.16. The van der Waals surface area contributed by atoms with Gasteiger partial charge in [0.2, 0.25) is 0 Å². The van der Waals surface area contributed by atoms with Crippen molar-refractivity contribution >= 4 is 5.69 Å². The minimum absolute atomic E-state index is 0.355. The van der Waals surface area contributed by atoms with Crippen LogP contribution in [0, 0.1) is 6.92 Å². The highest BCUT2D eigenvalue weighted by Crippen LogP contribution is 2.34. The lowest BCUT2D eigenvalue weighted by Gasteiger charge is -2.34. The van der Waals surface area contributed by atoms with E-state index in [1.54, 1.807) is 14.2 Å². The lowest BCUT2D eigenvalue weighted by atomic mass is 9.87. The van der Waals surface area contributed by atoms with Crippen LogP contribution in [0.15, 0.2) is 12.1 Å². The van der Waals surface area contributed by atoms with Crippen LogP contribution in [-0.4, -0.2) is 26.3 Å². The summed E-state index contributed by atoms with van der Waals surface area (Å²) in [4.78, 5) is 0. The molecule has 0 radical (unpaired) electrons. The van der Waals surface area contributed by atoms with Crippen molar-refractivity contribution < 1.29 is 9.47 Å². The van der Waals surface area contributed by atoms with E-state index in [2.05, 4.69) is 12.2 Å². The normalized spacial score (nSPS) is 22.8. The average Bonchev–Trinajstić information content (AvgIpc) is 2.28. The van der Waals surface area contributed by atoms with Crippen LogP contribution in [0.2, 0.25) is 0 Å². The molecular formula is C13H20N2O2. The molecule has 3 N–H and O–H groups in total. The highest BCUT2D eigenvalue weighted by Gasteiger charge is 2.26. The molecule has 94 valence electrons. The van der Waals surface area contributed by atoms with Crippen LogP contribution in [-0.2, 0) is 0 Å². The summed E-state index contributed by atoms with van der Waals surface area (Å²) < 4.78 is 10.6. The van der Waals surface area contributed by atoms with Crippen LogP contribution < -0.4 is 20.5 Å². The number of anilines is 1. The Bertz CT molecular complexity index is 401. The third-order valence-corrected chi connectivity index (χ3v) is 3.26. The predicted octanol–water partition coefficient (Wildman–Crippen LogP) is 1.91. The maximum atomic E-state index is 5.78. The Morgan fingerprint density at radius 3 is 2.29 bits per heavy atom. The number of hydrogen-bond acceptors (Lipinski definition) is 4. The number of rotatable bonds is 4. The van der Waals surface area contributed by atoms with Crippen LogP contribution in [0.5, 0.6) is 11.5 Å². The van der Waals surface area contributed by atoms with Crippen molar-refractivity contribution in [1.82, 2.24) is 0 Å². The van der Waals surface area contributed by atoms with E-state index in [1.807, 2.05) is 12.1 Å². The van der Waals surface area contributed by atoms with Gasteiger partial charge in [-0.3, -0.25) is 0 Å². The summed E-state index contributed by atoms with van der Waals surface area (Å²) in [7, 11) is 3.30. The van der Waals surface area contributed by atoms with Gasteiger partial charge >= 0.3 is 0 Å². The van der Waals surface area contributed by atoms with Gasteiger partial charge in [-0.15, -0.1) is 0 Å². The van der Waals surface area contributed by atoms with Crippen LogP contribution in [0.3, 0.4) is 0 Å². The van der Waals surface area contributed by atoms with E-state index in [1.165, 1.54) is 0 Å². The first kappa shape index (κ1) is 12.0. The van der Waals surface area contributed by atoms with Gasteiger partial charge < -0.3 is 20.5 Å². The Kier molecular flexibility index (Phi) is 3.43. The highest BCUT2D eigenvalue weighted by molar-refractivity contribution is 5.60. The SMILES string of the molecule is COc1cc(C)c(NC2CC(N)C2)cc1OC. The summed E-state index contributed by atoms with van der Waals surface area (Å²) in [5, 5.41) is 3.49. The molecule has 0 atom stereocenters. The monoisotopic (exact) mass is 236 g/mol. The number of ether oxygens (including phenoxy) is 2. The van der Waals surface area contributed by atoms with Crippen molar-refractivity contribution in [3.63, 3.8) is 0 Å². The van der Waals surface area contributed by atoms with Crippen molar-refractivity contribution in [2.24, 2.45) is 5.73 Å². The molecule has 1 aliphatic carbocycles. The molecule has 1 aromatic carbocycles. The number of nitrogens with one attached hydrogen (secondary N) is 1. The Morgan fingerprint density at radius 1 is 1.18 bits per heavy atom. The Labute approximate surface area is 102 Å². The molecule has 1 fully saturated rings. The molecule has 0 saturated heterocycles. The fraction of sp³-hybridized carbons (Fsp3) is 0.538. The first-order chi connectivity index (χ1) is 8.13. The zero-order valence-electron chi connectivity index (χ0n) is 10.6. The Hall–Kier alpha value is -1.42. The molecule has 0 aliphatic heterocycles. The van der Waals surface area contributed by atoms with Crippen molar-refractivity contribution in [3.05, 3.63) is 17.7 Å². The zero-order chi connectivity index (χ0) is 12.4. The number of hydrogen-bond donors (Lipinski definition) is 2. The molecule has 1 aliphatic rings. The molecule has 4 nitrogen and oxygen atoms in total. The summed E-state index contributed by atoms with van der Waals surface area (Å²) in [6, 6.07) is 4.81. The van der Waals surface area contributed by atoms with E-state index in [-0.39, 0.29) is 0 Å². The fourth-order valence-electron chi connectivity index (χ4n) is 2.14. The molecule has 0 unspecified atom stereocenters. The molecule has 0 spiro atoms. The van der Waals surface area contributed by atoms with Crippen LogP contribution in [0.1, 0.15) is 18.4 Å². The average molecular weight is 236 g/mol. The van der Waals surface area contributed by atoms with Crippen molar-refractivity contribution in [2.45, 2.75) is 31.8 Å². The summed E-state index contributed by atoms with van der Waals surface area (Å²) in [5.41, 5.74) is 8.03. The lowest BCUT2D eigenvalue weighted by Crippen LogP contribution is -2.44. The summed E-state index contributed by atoms with van der Waals surface area (Å²) in [6.07, 6.45) is 2.07. The zero-order valence-corrected chi connectivity index (χ0v) is 10.6. The predicted molar refractivity (Wildman–Crippen MR) is 68.9 cm³/mol. The molecule has 1 aromatic rings. The second kappa shape index (κ2) is 4.84. The van der Waals surface area contributed by atoms with E-state index < -0.39 is 0 Å². The van der Waals surface area contributed by atoms with Crippen molar-refractivity contribution in [1.29, 1.82) is 0 Å². The fourth-order valence-corrected chi connectivity index (χ4v) is 2.14. The molecule has 4 heteroatoms. The van der Waals surface area contributed by atoms with E-state index in [0.717, 1.165) is 35.6 Å². The highest BCUT2D eigenvalue weighted by atomic mass is 16.5. The largest absolute Gasteiger partial charge is 0.493 e. The van der Waals surface area contributed by atoms with E-state index in [9.17, 15) is 0 Å². The standard InChI is InChI=1S/C13H20N2O2/c1-8-4-12(16-2)13(17-3)7-11(8)15-10-5-9(14)6-10/h4,7,9-10,15H,5-6,14H2,1-3H3. The minimum atomic E-state index is 0.355. The number of aryl methyl sites for hydroxylation is 1.